The number of fused-ring (bicyclic) bond motifs is 2. The fourth-order valence-corrected chi connectivity index (χ4v) is 4.30. The first-order valence-corrected chi connectivity index (χ1v) is 9.74. The second-order valence-corrected chi connectivity index (χ2v) is 7.93. The molecule has 0 fully saturated rings. The molecule has 0 atom stereocenters. The monoisotopic (exact) mass is 357 g/mol. The SMILES string of the molecule is Cc1cc(C)c2c(c1)/C(=N\Nc1cc(C)c3cc(C)cc(C)c3n1)CCC2. The van der Waals surface area contributed by atoms with Crippen LogP contribution in [0.15, 0.2) is 35.4 Å². The maximum Gasteiger partial charge on any atom is 0.147 e. The van der Waals surface area contributed by atoms with Gasteiger partial charge >= 0.3 is 0 Å². The quantitative estimate of drug-likeness (QED) is 0.577. The van der Waals surface area contributed by atoms with E-state index in [0.29, 0.717) is 0 Å². The Morgan fingerprint density at radius 1 is 0.815 bits per heavy atom. The van der Waals surface area contributed by atoms with Gasteiger partial charge in [0.25, 0.3) is 0 Å². The van der Waals surface area contributed by atoms with Crippen molar-refractivity contribution in [1.82, 2.24) is 4.98 Å². The number of anilines is 1. The number of pyridine rings is 1. The molecule has 3 heteroatoms. The molecule has 4 rings (SSSR count). The molecule has 0 aliphatic heterocycles. The zero-order valence-corrected chi connectivity index (χ0v) is 16.9. The first kappa shape index (κ1) is 17.7. The predicted octanol–water partition coefficient (Wildman–Crippen LogP) is 5.93. The molecular formula is C24H27N3. The van der Waals surface area contributed by atoms with Gasteiger partial charge in [0.05, 0.1) is 11.2 Å². The van der Waals surface area contributed by atoms with Crippen molar-refractivity contribution in [3.05, 3.63) is 69.3 Å². The molecule has 0 spiro atoms. The summed E-state index contributed by atoms with van der Waals surface area (Å²) in [5.41, 5.74) is 14.6. The van der Waals surface area contributed by atoms with Crippen LogP contribution in [0.25, 0.3) is 10.9 Å². The van der Waals surface area contributed by atoms with Gasteiger partial charge in [0, 0.05) is 10.9 Å². The molecule has 1 aliphatic rings. The van der Waals surface area contributed by atoms with Gasteiger partial charge in [-0.15, -0.1) is 0 Å². The summed E-state index contributed by atoms with van der Waals surface area (Å²) < 4.78 is 0. The van der Waals surface area contributed by atoms with E-state index >= 15 is 0 Å². The molecule has 27 heavy (non-hydrogen) atoms. The largest absolute Gasteiger partial charge is 0.261 e. The average Bonchev–Trinajstić information content (AvgIpc) is 2.61. The van der Waals surface area contributed by atoms with Crippen molar-refractivity contribution >= 4 is 22.4 Å². The summed E-state index contributed by atoms with van der Waals surface area (Å²) in [5, 5.41) is 6.00. The van der Waals surface area contributed by atoms with E-state index in [4.69, 9.17) is 10.1 Å². The molecule has 0 radical (unpaired) electrons. The van der Waals surface area contributed by atoms with Crippen molar-refractivity contribution in [2.24, 2.45) is 5.10 Å². The van der Waals surface area contributed by atoms with E-state index in [1.807, 2.05) is 0 Å². The number of nitrogens with zero attached hydrogens (tertiary/aromatic N) is 2. The molecule has 0 bridgehead atoms. The van der Waals surface area contributed by atoms with E-state index in [9.17, 15) is 0 Å². The molecular weight excluding hydrogens is 330 g/mol. The third-order valence-electron chi connectivity index (χ3n) is 5.53. The predicted molar refractivity (Wildman–Crippen MR) is 115 cm³/mol. The normalized spacial score (nSPS) is 15.2. The number of benzene rings is 2. The minimum absolute atomic E-state index is 0.816. The van der Waals surface area contributed by atoms with E-state index < -0.39 is 0 Å². The Balaban J connectivity index is 1.72. The molecule has 1 heterocycles. The number of rotatable bonds is 2. The molecule has 2 aromatic carbocycles. The topological polar surface area (TPSA) is 37.3 Å². The Bertz CT molecular complexity index is 1080. The zero-order valence-electron chi connectivity index (χ0n) is 16.9. The number of aryl methyl sites for hydroxylation is 5. The average molecular weight is 358 g/mol. The van der Waals surface area contributed by atoms with E-state index in [0.717, 1.165) is 36.3 Å². The summed E-state index contributed by atoms with van der Waals surface area (Å²) in [5.74, 6) is 0.816. The smallest absolute Gasteiger partial charge is 0.147 e. The van der Waals surface area contributed by atoms with Crippen LogP contribution in [0.3, 0.4) is 0 Å². The Morgan fingerprint density at radius 3 is 2.37 bits per heavy atom. The van der Waals surface area contributed by atoms with Gasteiger partial charge in [-0.3, -0.25) is 5.43 Å². The van der Waals surface area contributed by atoms with E-state index in [1.54, 1.807) is 0 Å². The van der Waals surface area contributed by atoms with Crippen LogP contribution in [0.5, 0.6) is 0 Å². The van der Waals surface area contributed by atoms with Crippen molar-refractivity contribution in [1.29, 1.82) is 0 Å². The van der Waals surface area contributed by atoms with Gasteiger partial charge in [0.1, 0.15) is 5.82 Å². The Labute approximate surface area is 161 Å². The summed E-state index contributed by atoms with van der Waals surface area (Å²) in [6, 6.07) is 11.0. The lowest BCUT2D eigenvalue weighted by Gasteiger charge is -2.21. The van der Waals surface area contributed by atoms with Crippen molar-refractivity contribution in [2.75, 3.05) is 5.43 Å². The third kappa shape index (κ3) is 3.34. The van der Waals surface area contributed by atoms with Gasteiger partial charge in [-0.25, -0.2) is 4.98 Å². The van der Waals surface area contributed by atoms with Gasteiger partial charge in [0.2, 0.25) is 0 Å². The number of hydrogen-bond acceptors (Lipinski definition) is 3. The van der Waals surface area contributed by atoms with Crippen LogP contribution in [0.4, 0.5) is 5.82 Å². The molecule has 1 aliphatic carbocycles. The number of hydrogen-bond donors (Lipinski definition) is 1. The second-order valence-electron chi connectivity index (χ2n) is 7.93. The second kappa shape index (κ2) is 6.80. The van der Waals surface area contributed by atoms with Crippen LogP contribution < -0.4 is 5.43 Å². The summed E-state index contributed by atoms with van der Waals surface area (Å²) in [6.07, 6.45) is 3.31. The molecule has 1 aromatic heterocycles. The molecule has 0 unspecified atom stereocenters. The fourth-order valence-electron chi connectivity index (χ4n) is 4.30. The molecule has 0 saturated heterocycles. The lowest BCUT2D eigenvalue weighted by molar-refractivity contribution is 0.829. The maximum absolute atomic E-state index is 4.83. The first-order chi connectivity index (χ1) is 12.9. The van der Waals surface area contributed by atoms with Crippen LogP contribution in [0, 0.1) is 34.6 Å². The van der Waals surface area contributed by atoms with Gasteiger partial charge in [0.15, 0.2) is 0 Å². The standard InChI is InChI=1S/C24H27N3/c1-14-9-16(3)19-7-6-8-22(21(19)12-14)26-27-23-13-17(4)20-11-15(2)10-18(5)24(20)25-23/h9-13H,6-8H2,1-5H3,(H,25,27)/b26-22-. The lowest BCUT2D eigenvalue weighted by Crippen LogP contribution is -2.15. The highest BCUT2D eigenvalue weighted by Crippen LogP contribution is 2.27. The first-order valence-electron chi connectivity index (χ1n) is 9.74. The van der Waals surface area contributed by atoms with Gasteiger partial charge in [-0.05, 0) is 94.3 Å². The molecule has 1 N–H and O–H groups in total. The Hall–Kier alpha value is -2.68. The highest BCUT2D eigenvalue weighted by Gasteiger charge is 2.18. The molecule has 0 amide bonds. The fraction of sp³-hybridized carbons (Fsp3) is 0.333. The molecule has 3 nitrogen and oxygen atoms in total. The molecule has 0 saturated carbocycles. The number of nitrogens with one attached hydrogen (secondary N) is 1. The van der Waals surface area contributed by atoms with Crippen LogP contribution in [-0.4, -0.2) is 10.7 Å². The summed E-state index contributed by atoms with van der Waals surface area (Å²) in [6.45, 7) is 10.8. The lowest BCUT2D eigenvalue weighted by atomic mass is 9.86. The zero-order chi connectivity index (χ0) is 19.1. The summed E-state index contributed by atoms with van der Waals surface area (Å²) in [7, 11) is 0. The van der Waals surface area contributed by atoms with Crippen LogP contribution in [0.2, 0.25) is 0 Å². The van der Waals surface area contributed by atoms with E-state index in [-0.39, 0.29) is 0 Å². The minimum Gasteiger partial charge on any atom is -0.261 e. The summed E-state index contributed by atoms with van der Waals surface area (Å²) >= 11 is 0. The highest BCUT2D eigenvalue weighted by atomic mass is 15.3. The van der Waals surface area contributed by atoms with E-state index in [2.05, 4.69) is 70.4 Å². The van der Waals surface area contributed by atoms with Crippen molar-refractivity contribution in [2.45, 2.75) is 53.9 Å². The number of aromatic nitrogens is 1. The van der Waals surface area contributed by atoms with Crippen molar-refractivity contribution in [3.63, 3.8) is 0 Å². The van der Waals surface area contributed by atoms with Gasteiger partial charge < -0.3 is 0 Å². The molecule has 138 valence electrons. The van der Waals surface area contributed by atoms with Crippen LogP contribution >= 0.6 is 0 Å². The molecule has 3 aromatic rings. The maximum atomic E-state index is 4.83. The van der Waals surface area contributed by atoms with Crippen LogP contribution in [-0.2, 0) is 6.42 Å². The van der Waals surface area contributed by atoms with Crippen molar-refractivity contribution in [3.8, 4) is 0 Å². The third-order valence-corrected chi connectivity index (χ3v) is 5.53. The summed E-state index contributed by atoms with van der Waals surface area (Å²) in [4.78, 5) is 4.83. The van der Waals surface area contributed by atoms with Crippen molar-refractivity contribution < 1.29 is 0 Å². The Kier molecular flexibility index (Phi) is 4.47. The highest BCUT2D eigenvalue weighted by molar-refractivity contribution is 6.03. The van der Waals surface area contributed by atoms with Crippen LogP contribution in [0.1, 0.15) is 51.8 Å². The number of hydrazone groups is 1. The Morgan fingerprint density at radius 2 is 1.56 bits per heavy atom. The van der Waals surface area contributed by atoms with Gasteiger partial charge in [-0.2, -0.15) is 5.10 Å². The van der Waals surface area contributed by atoms with E-state index in [1.165, 1.54) is 44.3 Å². The van der Waals surface area contributed by atoms with Gasteiger partial charge in [-0.1, -0.05) is 23.3 Å². The minimum atomic E-state index is 0.816.